The van der Waals surface area contributed by atoms with Crippen molar-refractivity contribution in [2.75, 3.05) is 18.6 Å². The van der Waals surface area contributed by atoms with Crippen LogP contribution in [0.25, 0.3) is 0 Å². The van der Waals surface area contributed by atoms with Crippen molar-refractivity contribution in [3.63, 3.8) is 0 Å². The lowest BCUT2D eigenvalue weighted by Crippen LogP contribution is -2.26. The summed E-state index contributed by atoms with van der Waals surface area (Å²) in [4.78, 5) is 25.3. The molecule has 0 aromatic heterocycles. The Morgan fingerprint density at radius 3 is 2.30 bits per heavy atom. The van der Waals surface area contributed by atoms with Crippen LogP contribution in [0.3, 0.4) is 0 Å². The first-order valence-corrected chi connectivity index (χ1v) is 8.62. The first-order chi connectivity index (χ1) is 11.1. The third-order valence-electron chi connectivity index (χ3n) is 3.82. The molecule has 0 heterocycles. The van der Waals surface area contributed by atoms with Crippen LogP contribution >= 0.6 is 0 Å². The van der Waals surface area contributed by atoms with Crippen molar-refractivity contribution in [2.45, 2.75) is 58.3 Å². The van der Waals surface area contributed by atoms with E-state index in [-0.39, 0.29) is 24.7 Å². The van der Waals surface area contributed by atoms with Crippen molar-refractivity contribution in [1.82, 2.24) is 0 Å². The monoisotopic (exact) mass is 319 g/mol. The molecule has 1 aromatic carbocycles. The van der Waals surface area contributed by atoms with Gasteiger partial charge in [-0.3, -0.25) is 9.59 Å². The Morgan fingerprint density at radius 1 is 0.957 bits per heavy atom. The predicted octanol–water partition coefficient (Wildman–Crippen LogP) is 4.33. The molecule has 128 valence electrons. The van der Waals surface area contributed by atoms with E-state index in [2.05, 4.69) is 6.92 Å². The summed E-state index contributed by atoms with van der Waals surface area (Å²) in [6.45, 7) is 2.66. The molecule has 4 heteroatoms. The summed E-state index contributed by atoms with van der Waals surface area (Å²) < 4.78 is 5.17. The Hall–Kier alpha value is -1.84. The molecule has 23 heavy (non-hydrogen) atoms. The van der Waals surface area contributed by atoms with Crippen molar-refractivity contribution < 1.29 is 14.3 Å². The lowest BCUT2D eigenvalue weighted by atomic mass is 10.1. The molecule has 0 aliphatic carbocycles. The van der Waals surface area contributed by atoms with Gasteiger partial charge in [0.15, 0.2) is 0 Å². The number of anilines is 1. The van der Waals surface area contributed by atoms with Crippen molar-refractivity contribution in [3.05, 3.63) is 30.3 Å². The third kappa shape index (κ3) is 8.38. The van der Waals surface area contributed by atoms with Crippen molar-refractivity contribution >= 4 is 17.6 Å². The maximum atomic E-state index is 12.0. The predicted molar refractivity (Wildman–Crippen MR) is 93.4 cm³/mol. The number of hydrogen-bond acceptors (Lipinski definition) is 3. The Morgan fingerprint density at radius 2 is 1.61 bits per heavy atom. The van der Waals surface area contributed by atoms with Gasteiger partial charge in [-0.1, -0.05) is 57.2 Å². The topological polar surface area (TPSA) is 46.6 Å². The standard InChI is InChI=1S/C19H29NO3/c1-3-4-5-6-7-11-16-23-19(22)15-14-18(21)20(2)17-12-9-8-10-13-17/h8-10,12-13H,3-7,11,14-16H2,1-2H3. The minimum Gasteiger partial charge on any atom is -0.466 e. The minimum atomic E-state index is -0.284. The Labute approximate surface area is 139 Å². The highest BCUT2D eigenvalue weighted by Crippen LogP contribution is 2.13. The molecular weight excluding hydrogens is 290 g/mol. The van der Waals surface area contributed by atoms with Crippen LogP contribution in [0.1, 0.15) is 58.3 Å². The number of carbonyl (C=O) groups excluding carboxylic acids is 2. The molecule has 1 aromatic rings. The molecule has 0 fully saturated rings. The van der Waals surface area contributed by atoms with E-state index in [1.54, 1.807) is 11.9 Å². The molecule has 4 nitrogen and oxygen atoms in total. The van der Waals surface area contributed by atoms with E-state index in [1.807, 2.05) is 30.3 Å². The van der Waals surface area contributed by atoms with Crippen LogP contribution in [0, 0.1) is 0 Å². The molecule has 0 radical (unpaired) electrons. The van der Waals surface area contributed by atoms with Crippen LogP contribution in [0.2, 0.25) is 0 Å². The van der Waals surface area contributed by atoms with Gasteiger partial charge < -0.3 is 9.64 Å². The summed E-state index contributed by atoms with van der Waals surface area (Å²) in [6.07, 6.45) is 7.30. The number of nitrogens with zero attached hydrogens (tertiary/aromatic N) is 1. The second-order valence-electron chi connectivity index (χ2n) is 5.78. The zero-order valence-corrected chi connectivity index (χ0v) is 14.4. The Kier molecular flexibility index (Phi) is 9.76. The smallest absolute Gasteiger partial charge is 0.306 e. The number of benzene rings is 1. The van der Waals surface area contributed by atoms with Gasteiger partial charge in [-0.25, -0.2) is 0 Å². The Bertz CT molecular complexity index is 459. The maximum absolute atomic E-state index is 12.0. The molecule has 0 spiro atoms. The average Bonchev–Trinajstić information content (AvgIpc) is 2.59. The van der Waals surface area contributed by atoms with E-state index in [1.165, 1.54) is 25.7 Å². The van der Waals surface area contributed by atoms with Gasteiger partial charge in [0.1, 0.15) is 0 Å². The second-order valence-corrected chi connectivity index (χ2v) is 5.78. The molecule has 1 rings (SSSR count). The fraction of sp³-hybridized carbons (Fsp3) is 0.579. The van der Waals surface area contributed by atoms with Gasteiger partial charge in [-0.15, -0.1) is 0 Å². The molecule has 0 aliphatic heterocycles. The van der Waals surface area contributed by atoms with Crippen LogP contribution < -0.4 is 4.90 Å². The van der Waals surface area contributed by atoms with E-state index in [4.69, 9.17) is 4.74 Å². The molecular formula is C19H29NO3. The van der Waals surface area contributed by atoms with Gasteiger partial charge in [-0.05, 0) is 18.6 Å². The first kappa shape index (κ1) is 19.2. The summed E-state index contributed by atoms with van der Waals surface area (Å²) in [5.41, 5.74) is 0.831. The van der Waals surface area contributed by atoms with E-state index in [0.717, 1.165) is 18.5 Å². The number of para-hydroxylation sites is 1. The maximum Gasteiger partial charge on any atom is 0.306 e. The van der Waals surface area contributed by atoms with Crippen LogP contribution in [-0.4, -0.2) is 25.5 Å². The SMILES string of the molecule is CCCCCCCCOC(=O)CCC(=O)N(C)c1ccccc1. The number of rotatable bonds is 11. The minimum absolute atomic E-state index is 0.0762. The van der Waals surface area contributed by atoms with Crippen molar-refractivity contribution in [3.8, 4) is 0 Å². The lowest BCUT2D eigenvalue weighted by molar-refractivity contribution is -0.144. The third-order valence-corrected chi connectivity index (χ3v) is 3.82. The second kappa shape index (κ2) is 11.7. The highest BCUT2D eigenvalue weighted by atomic mass is 16.5. The molecule has 1 amide bonds. The Balaban J connectivity index is 2.12. The summed E-state index contributed by atoms with van der Waals surface area (Å²) in [7, 11) is 1.72. The normalized spacial score (nSPS) is 10.3. The zero-order chi connectivity index (χ0) is 16.9. The van der Waals surface area contributed by atoms with E-state index in [9.17, 15) is 9.59 Å². The molecule has 0 bridgehead atoms. The van der Waals surface area contributed by atoms with E-state index in [0.29, 0.717) is 6.61 Å². The van der Waals surface area contributed by atoms with Gasteiger partial charge in [0, 0.05) is 19.2 Å². The number of ether oxygens (including phenoxy) is 1. The fourth-order valence-electron chi connectivity index (χ4n) is 2.31. The van der Waals surface area contributed by atoms with Gasteiger partial charge in [-0.2, -0.15) is 0 Å². The van der Waals surface area contributed by atoms with E-state index >= 15 is 0 Å². The van der Waals surface area contributed by atoms with Crippen molar-refractivity contribution in [2.24, 2.45) is 0 Å². The largest absolute Gasteiger partial charge is 0.466 e. The number of unbranched alkanes of at least 4 members (excludes halogenated alkanes) is 5. The van der Waals surface area contributed by atoms with Crippen LogP contribution in [-0.2, 0) is 14.3 Å². The number of carbonyl (C=O) groups is 2. The average molecular weight is 319 g/mol. The summed E-state index contributed by atoms with van der Waals surface area (Å²) >= 11 is 0. The number of amides is 1. The van der Waals surface area contributed by atoms with Gasteiger partial charge in [0.05, 0.1) is 13.0 Å². The number of hydrogen-bond donors (Lipinski definition) is 0. The molecule has 0 atom stereocenters. The molecule has 0 aliphatic rings. The van der Waals surface area contributed by atoms with E-state index < -0.39 is 0 Å². The summed E-state index contributed by atoms with van der Waals surface area (Å²) in [6, 6.07) is 9.41. The summed E-state index contributed by atoms with van der Waals surface area (Å²) in [5.74, 6) is -0.360. The molecule has 0 unspecified atom stereocenters. The van der Waals surface area contributed by atoms with Gasteiger partial charge in [0.25, 0.3) is 0 Å². The van der Waals surface area contributed by atoms with Crippen LogP contribution in [0.15, 0.2) is 30.3 Å². The highest BCUT2D eigenvalue weighted by molar-refractivity contribution is 5.94. The molecule has 0 saturated heterocycles. The highest BCUT2D eigenvalue weighted by Gasteiger charge is 2.13. The first-order valence-electron chi connectivity index (χ1n) is 8.62. The van der Waals surface area contributed by atoms with Crippen LogP contribution in [0.5, 0.6) is 0 Å². The molecule has 0 saturated carbocycles. The molecule has 0 N–H and O–H groups in total. The number of esters is 1. The fourth-order valence-corrected chi connectivity index (χ4v) is 2.31. The zero-order valence-electron chi connectivity index (χ0n) is 14.4. The van der Waals surface area contributed by atoms with Crippen molar-refractivity contribution in [1.29, 1.82) is 0 Å². The van der Waals surface area contributed by atoms with Gasteiger partial charge in [0.2, 0.25) is 5.91 Å². The van der Waals surface area contributed by atoms with Crippen LogP contribution in [0.4, 0.5) is 5.69 Å². The summed E-state index contributed by atoms with van der Waals surface area (Å²) in [5, 5.41) is 0. The quantitative estimate of drug-likeness (QED) is 0.450. The van der Waals surface area contributed by atoms with Gasteiger partial charge >= 0.3 is 5.97 Å². The lowest BCUT2D eigenvalue weighted by Gasteiger charge is -2.16.